The maximum absolute atomic E-state index is 6.11. The summed E-state index contributed by atoms with van der Waals surface area (Å²) in [6, 6.07) is 20.6. The molecule has 1 heterocycles. The average Bonchev–Trinajstić information content (AvgIpc) is 2.98. The molecule has 24 heavy (non-hydrogen) atoms. The molecular formula is C21H19NO2. The number of fused-ring (bicyclic) bond motifs is 3. The Morgan fingerprint density at radius 3 is 2.54 bits per heavy atom. The van der Waals surface area contributed by atoms with E-state index in [1.54, 1.807) is 7.11 Å². The number of rotatable bonds is 4. The van der Waals surface area contributed by atoms with E-state index in [9.17, 15) is 0 Å². The van der Waals surface area contributed by atoms with Crippen molar-refractivity contribution in [3.05, 3.63) is 71.8 Å². The summed E-state index contributed by atoms with van der Waals surface area (Å²) in [4.78, 5) is 3.48. The molecule has 3 nitrogen and oxygen atoms in total. The first-order chi connectivity index (χ1) is 11.7. The Bertz CT molecular complexity index is 1000. The fourth-order valence-corrected chi connectivity index (χ4v) is 3.06. The number of hydrogen-bond acceptors (Lipinski definition) is 2. The number of aromatic amines is 1. The molecule has 3 aromatic carbocycles. The molecule has 1 N–H and O–H groups in total. The smallest absolute Gasteiger partial charge is 0.144 e. The van der Waals surface area contributed by atoms with E-state index in [2.05, 4.69) is 42.2 Å². The van der Waals surface area contributed by atoms with Crippen LogP contribution in [0, 0.1) is 6.92 Å². The third kappa shape index (κ3) is 2.58. The number of nitrogens with one attached hydrogen (secondary N) is 1. The number of hydrogen-bond donors (Lipinski definition) is 1. The minimum Gasteiger partial charge on any atom is -0.497 e. The maximum Gasteiger partial charge on any atom is 0.144 e. The Kier molecular flexibility index (Phi) is 3.62. The summed E-state index contributed by atoms with van der Waals surface area (Å²) >= 11 is 0. The summed E-state index contributed by atoms with van der Waals surface area (Å²) in [7, 11) is 1.69. The van der Waals surface area contributed by atoms with Crippen molar-refractivity contribution >= 4 is 21.8 Å². The van der Waals surface area contributed by atoms with Gasteiger partial charge in [-0.2, -0.15) is 0 Å². The van der Waals surface area contributed by atoms with E-state index < -0.39 is 0 Å². The second-order valence-corrected chi connectivity index (χ2v) is 6.00. The van der Waals surface area contributed by atoms with Crippen LogP contribution in [0.25, 0.3) is 21.8 Å². The first kappa shape index (κ1) is 14.6. The molecule has 0 aliphatic carbocycles. The molecule has 0 radical (unpaired) electrons. The predicted molar refractivity (Wildman–Crippen MR) is 97.9 cm³/mol. The molecule has 0 saturated heterocycles. The van der Waals surface area contributed by atoms with Crippen molar-refractivity contribution in [1.29, 1.82) is 0 Å². The zero-order chi connectivity index (χ0) is 16.5. The highest BCUT2D eigenvalue weighted by atomic mass is 16.5. The van der Waals surface area contributed by atoms with Gasteiger partial charge in [-0.3, -0.25) is 0 Å². The lowest BCUT2D eigenvalue weighted by molar-refractivity contribution is 0.309. The molecule has 4 aromatic rings. The normalized spacial score (nSPS) is 11.1. The van der Waals surface area contributed by atoms with Gasteiger partial charge in [0.25, 0.3) is 0 Å². The molecule has 0 saturated carbocycles. The standard InChI is InChI=1S/C21H19NO2/c1-14-10-18-17-12-16(23-2)8-9-19(17)22-21(18)20(11-14)24-13-15-6-4-3-5-7-15/h3-12,22H,13H2,1-2H3. The fourth-order valence-electron chi connectivity index (χ4n) is 3.06. The van der Waals surface area contributed by atoms with E-state index in [1.165, 1.54) is 5.56 Å². The van der Waals surface area contributed by atoms with Crippen LogP contribution in [-0.2, 0) is 6.61 Å². The van der Waals surface area contributed by atoms with Crippen molar-refractivity contribution in [1.82, 2.24) is 4.98 Å². The molecule has 0 unspecified atom stereocenters. The van der Waals surface area contributed by atoms with Gasteiger partial charge >= 0.3 is 0 Å². The lowest BCUT2D eigenvalue weighted by atomic mass is 10.1. The molecule has 0 aliphatic rings. The second kappa shape index (κ2) is 5.93. The Morgan fingerprint density at radius 2 is 1.75 bits per heavy atom. The minimum atomic E-state index is 0.554. The van der Waals surface area contributed by atoms with E-state index in [4.69, 9.17) is 9.47 Å². The van der Waals surface area contributed by atoms with Crippen LogP contribution in [0.2, 0.25) is 0 Å². The lowest BCUT2D eigenvalue weighted by Crippen LogP contribution is -1.96. The van der Waals surface area contributed by atoms with Crippen molar-refractivity contribution in [3.8, 4) is 11.5 Å². The van der Waals surface area contributed by atoms with Crippen molar-refractivity contribution in [3.63, 3.8) is 0 Å². The van der Waals surface area contributed by atoms with Gasteiger partial charge in [-0.15, -0.1) is 0 Å². The summed E-state index contributed by atoms with van der Waals surface area (Å²) in [6.07, 6.45) is 0. The van der Waals surface area contributed by atoms with Gasteiger partial charge in [0.15, 0.2) is 0 Å². The van der Waals surface area contributed by atoms with Crippen LogP contribution in [0.5, 0.6) is 11.5 Å². The van der Waals surface area contributed by atoms with Crippen LogP contribution in [0.4, 0.5) is 0 Å². The molecule has 0 bridgehead atoms. The van der Waals surface area contributed by atoms with Gasteiger partial charge in [-0.25, -0.2) is 0 Å². The molecule has 0 atom stereocenters. The summed E-state index contributed by atoms with van der Waals surface area (Å²) in [5.74, 6) is 1.74. The van der Waals surface area contributed by atoms with E-state index >= 15 is 0 Å². The zero-order valence-corrected chi connectivity index (χ0v) is 13.8. The van der Waals surface area contributed by atoms with Gasteiger partial charge in [0.2, 0.25) is 0 Å². The number of aromatic nitrogens is 1. The Labute approximate surface area is 140 Å². The molecular weight excluding hydrogens is 298 g/mol. The number of methoxy groups -OCH3 is 1. The summed E-state index contributed by atoms with van der Waals surface area (Å²) in [5.41, 5.74) is 4.44. The monoisotopic (exact) mass is 317 g/mol. The quantitative estimate of drug-likeness (QED) is 0.560. The predicted octanol–water partition coefficient (Wildman–Crippen LogP) is 5.22. The topological polar surface area (TPSA) is 34.2 Å². The molecule has 0 fully saturated rings. The van der Waals surface area contributed by atoms with Gasteiger partial charge in [0.05, 0.1) is 12.6 Å². The third-order valence-electron chi connectivity index (χ3n) is 4.26. The Balaban J connectivity index is 1.80. The van der Waals surface area contributed by atoms with E-state index in [0.717, 1.165) is 38.9 Å². The van der Waals surface area contributed by atoms with Gasteiger partial charge in [0, 0.05) is 16.3 Å². The summed E-state index contributed by atoms with van der Waals surface area (Å²) in [6.45, 7) is 2.64. The van der Waals surface area contributed by atoms with Crippen molar-refractivity contribution in [2.45, 2.75) is 13.5 Å². The van der Waals surface area contributed by atoms with Gasteiger partial charge < -0.3 is 14.5 Å². The summed E-state index contributed by atoms with van der Waals surface area (Å²) < 4.78 is 11.5. The average molecular weight is 317 g/mol. The fraction of sp³-hybridized carbons (Fsp3) is 0.143. The number of aryl methyl sites for hydroxylation is 1. The number of benzene rings is 3. The van der Waals surface area contributed by atoms with Crippen LogP contribution in [0.3, 0.4) is 0 Å². The largest absolute Gasteiger partial charge is 0.497 e. The SMILES string of the molecule is COc1ccc2[nH]c3c(OCc4ccccc4)cc(C)cc3c2c1. The van der Waals surface area contributed by atoms with Crippen LogP contribution in [0.15, 0.2) is 60.7 Å². The summed E-state index contributed by atoms with van der Waals surface area (Å²) in [5, 5.41) is 2.31. The highest BCUT2D eigenvalue weighted by Crippen LogP contribution is 2.35. The first-order valence-electron chi connectivity index (χ1n) is 8.01. The van der Waals surface area contributed by atoms with Crippen LogP contribution in [-0.4, -0.2) is 12.1 Å². The third-order valence-corrected chi connectivity index (χ3v) is 4.26. The van der Waals surface area contributed by atoms with Gasteiger partial charge in [-0.1, -0.05) is 30.3 Å². The highest BCUT2D eigenvalue weighted by molar-refractivity contribution is 6.09. The molecule has 120 valence electrons. The van der Waals surface area contributed by atoms with Gasteiger partial charge in [-0.05, 0) is 48.4 Å². The first-order valence-corrected chi connectivity index (χ1v) is 8.01. The zero-order valence-electron chi connectivity index (χ0n) is 13.8. The Morgan fingerprint density at radius 1 is 0.917 bits per heavy atom. The van der Waals surface area contributed by atoms with E-state index in [0.29, 0.717) is 6.61 Å². The molecule has 0 aliphatic heterocycles. The molecule has 4 rings (SSSR count). The molecule has 1 aromatic heterocycles. The van der Waals surface area contributed by atoms with Crippen molar-refractivity contribution in [2.75, 3.05) is 7.11 Å². The van der Waals surface area contributed by atoms with Crippen LogP contribution in [0.1, 0.15) is 11.1 Å². The van der Waals surface area contributed by atoms with Crippen molar-refractivity contribution in [2.24, 2.45) is 0 Å². The molecule has 3 heteroatoms. The van der Waals surface area contributed by atoms with E-state index in [-0.39, 0.29) is 0 Å². The van der Waals surface area contributed by atoms with Gasteiger partial charge in [0.1, 0.15) is 18.1 Å². The molecule has 0 spiro atoms. The number of H-pyrrole nitrogens is 1. The second-order valence-electron chi connectivity index (χ2n) is 6.00. The number of ether oxygens (including phenoxy) is 2. The molecule has 0 amide bonds. The Hall–Kier alpha value is -2.94. The van der Waals surface area contributed by atoms with Crippen molar-refractivity contribution < 1.29 is 9.47 Å². The minimum absolute atomic E-state index is 0.554. The maximum atomic E-state index is 6.11. The van der Waals surface area contributed by atoms with Crippen LogP contribution >= 0.6 is 0 Å². The van der Waals surface area contributed by atoms with Crippen LogP contribution < -0.4 is 9.47 Å². The lowest BCUT2D eigenvalue weighted by Gasteiger charge is -2.09. The highest BCUT2D eigenvalue weighted by Gasteiger charge is 2.11. The van der Waals surface area contributed by atoms with E-state index in [1.807, 2.05) is 30.3 Å².